The second-order valence-electron chi connectivity index (χ2n) is 5.14. The Morgan fingerprint density at radius 3 is 2.50 bits per heavy atom. The molecule has 0 aromatic heterocycles. The summed E-state index contributed by atoms with van der Waals surface area (Å²) in [7, 11) is 0. The van der Waals surface area contributed by atoms with E-state index < -0.39 is 0 Å². The average molecular weight is 229 g/mol. The highest BCUT2D eigenvalue weighted by Crippen LogP contribution is 2.24. The summed E-state index contributed by atoms with van der Waals surface area (Å²) in [5, 5.41) is 0. The molecule has 0 spiro atoms. The van der Waals surface area contributed by atoms with E-state index in [0.29, 0.717) is 6.61 Å². The minimum Gasteiger partial charge on any atom is -0.380 e. The molecule has 1 unspecified atom stereocenters. The molecule has 0 aromatic carbocycles. The van der Waals surface area contributed by atoms with Gasteiger partial charge in [0.1, 0.15) is 0 Å². The van der Waals surface area contributed by atoms with Crippen LogP contribution in [0.3, 0.4) is 0 Å². The van der Waals surface area contributed by atoms with Crippen LogP contribution < -0.4 is 11.3 Å². The quantitative estimate of drug-likeness (QED) is 0.390. The van der Waals surface area contributed by atoms with Gasteiger partial charge in [0.05, 0.1) is 12.6 Å². The number of likely N-dealkylation sites (tertiary alicyclic amines) is 1. The summed E-state index contributed by atoms with van der Waals surface area (Å²) in [5.74, 6) is 5.65. The SMILES string of the molecule is CCCOCC(NN)C(C)(C)N1CCCC1. The molecule has 1 rings (SSSR count). The van der Waals surface area contributed by atoms with E-state index in [2.05, 4.69) is 31.1 Å². The van der Waals surface area contributed by atoms with E-state index in [0.717, 1.165) is 13.0 Å². The van der Waals surface area contributed by atoms with Crippen LogP contribution in [0, 0.1) is 0 Å². The van der Waals surface area contributed by atoms with E-state index in [1.54, 1.807) is 0 Å². The van der Waals surface area contributed by atoms with Crippen LogP contribution in [0.4, 0.5) is 0 Å². The average Bonchev–Trinajstić information content (AvgIpc) is 2.78. The van der Waals surface area contributed by atoms with Crippen molar-refractivity contribution in [3.63, 3.8) is 0 Å². The highest BCUT2D eigenvalue weighted by Gasteiger charge is 2.36. The van der Waals surface area contributed by atoms with Crippen molar-refractivity contribution in [3.8, 4) is 0 Å². The number of hydrogen-bond acceptors (Lipinski definition) is 4. The Balaban J connectivity index is 2.47. The number of hydrogen-bond donors (Lipinski definition) is 2. The molecular formula is C12H27N3O. The summed E-state index contributed by atoms with van der Waals surface area (Å²) in [6.07, 6.45) is 3.66. The molecule has 1 heterocycles. The summed E-state index contributed by atoms with van der Waals surface area (Å²) < 4.78 is 5.61. The van der Waals surface area contributed by atoms with Gasteiger partial charge in [-0.05, 0) is 46.2 Å². The minimum absolute atomic E-state index is 0.0684. The van der Waals surface area contributed by atoms with Crippen molar-refractivity contribution in [1.82, 2.24) is 10.3 Å². The maximum absolute atomic E-state index is 5.65. The second kappa shape index (κ2) is 6.55. The highest BCUT2D eigenvalue weighted by atomic mass is 16.5. The van der Waals surface area contributed by atoms with Gasteiger partial charge in [-0.1, -0.05) is 6.92 Å². The summed E-state index contributed by atoms with van der Waals surface area (Å²) >= 11 is 0. The maximum atomic E-state index is 5.65. The Kier molecular flexibility index (Phi) is 5.69. The van der Waals surface area contributed by atoms with E-state index in [9.17, 15) is 0 Å². The Morgan fingerprint density at radius 1 is 1.38 bits per heavy atom. The van der Waals surface area contributed by atoms with Crippen LogP contribution in [0.15, 0.2) is 0 Å². The van der Waals surface area contributed by atoms with Gasteiger partial charge in [0.25, 0.3) is 0 Å². The van der Waals surface area contributed by atoms with Crippen LogP contribution in [-0.2, 0) is 4.74 Å². The van der Waals surface area contributed by atoms with Crippen molar-refractivity contribution < 1.29 is 4.74 Å². The fraction of sp³-hybridized carbons (Fsp3) is 1.00. The van der Waals surface area contributed by atoms with Crippen molar-refractivity contribution >= 4 is 0 Å². The van der Waals surface area contributed by atoms with Gasteiger partial charge in [-0.2, -0.15) is 0 Å². The Bertz CT molecular complexity index is 191. The first kappa shape index (κ1) is 13.9. The van der Waals surface area contributed by atoms with Gasteiger partial charge in [-0.25, -0.2) is 0 Å². The van der Waals surface area contributed by atoms with Crippen LogP contribution in [-0.4, -0.2) is 42.8 Å². The van der Waals surface area contributed by atoms with E-state index in [1.165, 1.54) is 25.9 Å². The molecule has 1 aliphatic rings. The predicted molar refractivity (Wildman–Crippen MR) is 67.1 cm³/mol. The molecule has 1 saturated heterocycles. The van der Waals surface area contributed by atoms with E-state index in [4.69, 9.17) is 10.6 Å². The summed E-state index contributed by atoms with van der Waals surface area (Å²) in [5.41, 5.74) is 2.98. The number of nitrogens with zero attached hydrogens (tertiary/aromatic N) is 1. The fourth-order valence-corrected chi connectivity index (χ4v) is 2.32. The van der Waals surface area contributed by atoms with Gasteiger partial charge in [-0.15, -0.1) is 0 Å². The zero-order valence-electron chi connectivity index (χ0n) is 11.0. The number of nitrogens with one attached hydrogen (secondary N) is 1. The molecule has 0 amide bonds. The smallest absolute Gasteiger partial charge is 0.0650 e. The molecule has 0 aromatic rings. The lowest BCUT2D eigenvalue weighted by molar-refractivity contribution is 0.0366. The molecule has 4 nitrogen and oxygen atoms in total. The third-order valence-corrected chi connectivity index (χ3v) is 3.61. The van der Waals surface area contributed by atoms with Crippen LogP contribution >= 0.6 is 0 Å². The Morgan fingerprint density at radius 2 is 2.00 bits per heavy atom. The molecule has 16 heavy (non-hydrogen) atoms. The third-order valence-electron chi connectivity index (χ3n) is 3.61. The van der Waals surface area contributed by atoms with Crippen molar-refractivity contribution in [2.24, 2.45) is 5.84 Å². The maximum Gasteiger partial charge on any atom is 0.0650 e. The van der Waals surface area contributed by atoms with Crippen molar-refractivity contribution in [3.05, 3.63) is 0 Å². The monoisotopic (exact) mass is 229 g/mol. The van der Waals surface area contributed by atoms with E-state index >= 15 is 0 Å². The number of hydrazine groups is 1. The van der Waals surface area contributed by atoms with Crippen LogP contribution in [0.2, 0.25) is 0 Å². The van der Waals surface area contributed by atoms with Crippen molar-refractivity contribution in [2.45, 2.75) is 51.6 Å². The summed E-state index contributed by atoms with van der Waals surface area (Å²) in [6.45, 7) is 10.5. The molecule has 1 atom stereocenters. The largest absolute Gasteiger partial charge is 0.380 e. The predicted octanol–water partition coefficient (Wildman–Crippen LogP) is 1.12. The zero-order chi connectivity index (χ0) is 12.0. The topological polar surface area (TPSA) is 50.5 Å². The molecule has 0 radical (unpaired) electrons. The molecular weight excluding hydrogens is 202 g/mol. The molecule has 1 fully saturated rings. The number of nitrogens with two attached hydrogens (primary N) is 1. The Hall–Kier alpha value is -0.160. The molecule has 0 aliphatic carbocycles. The lowest BCUT2D eigenvalue weighted by atomic mass is 9.93. The number of ether oxygens (including phenoxy) is 1. The van der Waals surface area contributed by atoms with E-state index in [-0.39, 0.29) is 11.6 Å². The minimum atomic E-state index is 0.0684. The second-order valence-corrected chi connectivity index (χ2v) is 5.14. The fourth-order valence-electron chi connectivity index (χ4n) is 2.32. The van der Waals surface area contributed by atoms with Gasteiger partial charge < -0.3 is 4.74 Å². The summed E-state index contributed by atoms with van der Waals surface area (Å²) in [4.78, 5) is 2.51. The highest BCUT2D eigenvalue weighted by molar-refractivity contribution is 4.94. The van der Waals surface area contributed by atoms with Crippen molar-refractivity contribution in [2.75, 3.05) is 26.3 Å². The van der Waals surface area contributed by atoms with Gasteiger partial charge in [-0.3, -0.25) is 16.2 Å². The lowest BCUT2D eigenvalue weighted by Crippen LogP contribution is -2.60. The first-order chi connectivity index (χ1) is 7.62. The molecule has 96 valence electrons. The van der Waals surface area contributed by atoms with Crippen molar-refractivity contribution in [1.29, 1.82) is 0 Å². The standard InChI is InChI=1S/C12H27N3O/c1-4-9-16-10-11(14-13)12(2,3)15-7-5-6-8-15/h11,14H,4-10,13H2,1-3H3. The Labute approximate surface area is 99.5 Å². The van der Waals surface area contributed by atoms with Crippen LogP contribution in [0.25, 0.3) is 0 Å². The molecule has 0 bridgehead atoms. The number of rotatable bonds is 7. The van der Waals surface area contributed by atoms with E-state index in [1.807, 2.05) is 0 Å². The van der Waals surface area contributed by atoms with Gasteiger partial charge in [0.2, 0.25) is 0 Å². The van der Waals surface area contributed by atoms with Crippen LogP contribution in [0.1, 0.15) is 40.0 Å². The lowest BCUT2D eigenvalue weighted by Gasteiger charge is -2.41. The normalized spacial score (nSPS) is 20.2. The molecule has 4 heteroatoms. The molecule has 3 N–H and O–H groups in total. The van der Waals surface area contributed by atoms with Gasteiger partial charge in [0.15, 0.2) is 0 Å². The first-order valence-corrected chi connectivity index (χ1v) is 6.41. The van der Waals surface area contributed by atoms with Gasteiger partial charge >= 0.3 is 0 Å². The van der Waals surface area contributed by atoms with Gasteiger partial charge in [0, 0.05) is 12.1 Å². The molecule has 1 aliphatic heterocycles. The zero-order valence-corrected chi connectivity index (χ0v) is 11.0. The third kappa shape index (κ3) is 3.42. The first-order valence-electron chi connectivity index (χ1n) is 6.41. The van der Waals surface area contributed by atoms with Crippen LogP contribution in [0.5, 0.6) is 0 Å². The summed E-state index contributed by atoms with van der Waals surface area (Å²) in [6, 6.07) is 0.192. The molecule has 0 saturated carbocycles.